The molecule has 11 heavy (non-hydrogen) atoms. The zero-order chi connectivity index (χ0) is 8.65. The fourth-order valence-electron chi connectivity index (χ4n) is 0.929. The molecule has 0 fully saturated rings. The van der Waals surface area contributed by atoms with Gasteiger partial charge in [0.1, 0.15) is 0 Å². The number of aliphatic hydroxyl groups is 1. The lowest BCUT2D eigenvalue weighted by Gasteiger charge is -2.30. The predicted octanol–water partition coefficient (Wildman–Crippen LogP) is 3.02. The van der Waals surface area contributed by atoms with Gasteiger partial charge in [0.25, 0.3) is 0 Å². The maximum Gasteiger partial charge on any atom is 0.0873 e. The van der Waals surface area contributed by atoms with Crippen molar-refractivity contribution in [2.75, 3.05) is 0 Å². The van der Waals surface area contributed by atoms with Crippen LogP contribution in [0.5, 0.6) is 0 Å². The van der Waals surface area contributed by atoms with E-state index in [1.54, 1.807) is 0 Å². The smallest absolute Gasteiger partial charge is 0.0873 e. The maximum absolute atomic E-state index is 9.80. The minimum absolute atomic E-state index is 0.222. The van der Waals surface area contributed by atoms with Crippen LogP contribution in [0.15, 0.2) is 19.3 Å². The number of rotatable bonds is 0. The molecule has 1 nitrogen and oxygen atoms in total. The van der Waals surface area contributed by atoms with E-state index in [0.29, 0.717) is 0 Å². The van der Waals surface area contributed by atoms with Crippen molar-refractivity contribution in [1.29, 1.82) is 0 Å². The minimum atomic E-state index is -0.662. The first kappa shape index (κ1) is 9.98. The van der Waals surface area contributed by atoms with E-state index in [0.717, 1.165) is 0 Å². The molecule has 0 saturated heterocycles. The zero-order valence-corrected chi connectivity index (χ0v) is 10.8. The number of hydrogen-bond donors (Lipinski definition) is 1. The number of halogens is 2. The average molecular weight is 376 g/mol. The van der Waals surface area contributed by atoms with Crippen LogP contribution in [0.25, 0.3) is 0 Å². The Morgan fingerprint density at radius 3 is 2.55 bits per heavy atom. The van der Waals surface area contributed by atoms with Crippen molar-refractivity contribution < 1.29 is 5.11 Å². The Kier molecular flexibility index (Phi) is 3.03. The molecule has 1 rings (SSSR count). The molecule has 0 heterocycles. The molecule has 0 aliphatic heterocycles. The van der Waals surface area contributed by atoms with Crippen molar-refractivity contribution in [2.45, 2.75) is 19.4 Å². The highest BCUT2D eigenvalue weighted by molar-refractivity contribution is 14.1. The highest BCUT2D eigenvalue weighted by Gasteiger charge is 2.30. The first-order valence-corrected chi connectivity index (χ1v) is 5.57. The fourth-order valence-corrected chi connectivity index (χ4v) is 2.39. The van der Waals surface area contributed by atoms with E-state index < -0.39 is 5.60 Å². The van der Waals surface area contributed by atoms with Crippen LogP contribution in [0.1, 0.15) is 13.8 Å². The van der Waals surface area contributed by atoms with Gasteiger partial charge in [0.15, 0.2) is 0 Å². The first-order valence-electron chi connectivity index (χ1n) is 3.42. The Bertz CT molecular complexity index is 228. The van der Waals surface area contributed by atoms with Crippen LogP contribution in [0, 0.1) is 5.92 Å². The quantitative estimate of drug-likeness (QED) is 0.645. The van der Waals surface area contributed by atoms with Gasteiger partial charge >= 0.3 is 0 Å². The zero-order valence-electron chi connectivity index (χ0n) is 6.44. The van der Waals surface area contributed by atoms with Gasteiger partial charge in [-0.2, -0.15) is 0 Å². The highest BCUT2D eigenvalue weighted by atomic mass is 127. The van der Waals surface area contributed by atoms with Gasteiger partial charge in [-0.1, -0.05) is 13.0 Å². The summed E-state index contributed by atoms with van der Waals surface area (Å²) in [4.78, 5) is 0. The normalized spacial score (nSPS) is 38.1. The molecule has 0 aromatic heterocycles. The molecule has 0 aromatic carbocycles. The lowest BCUT2D eigenvalue weighted by atomic mass is 9.87. The number of hydrogen-bond acceptors (Lipinski definition) is 1. The van der Waals surface area contributed by atoms with E-state index in [9.17, 15) is 5.11 Å². The molecule has 0 saturated carbocycles. The van der Waals surface area contributed by atoms with Crippen molar-refractivity contribution in [3.8, 4) is 0 Å². The van der Waals surface area contributed by atoms with Crippen LogP contribution >= 0.6 is 45.2 Å². The van der Waals surface area contributed by atoms with Crippen LogP contribution in [0.4, 0.5) is 0 Å². The van der Waals surface area contributed by atoms with Gasteiger partial charge in [0.2, 0.25) is 0 Å². The van der Waals surface area contributed by atoms with Gasteiger partial charge in [0.05, 0.1) is 5.60 Å². The van der Waals surface area contributed by atoms with Crippen molar-refractivity contribution in [1.82, 2.24) is 0 Å². The summed E-state index contributed by atoms with van der Waals surface area (Å²) in [5.74, 6) is 0.222. The minimum Gasteiger partial charge on any atom is -0.385 e. The number of allylic oxidation sites excluding steroid dienone is 2. The van der Waals surface area contributed by atoms with Crippen LogP contribution in [-0.4, -0.2) is 10.7 Å². The Labute approximate surface area is 94.2 Å². The Morgan fingerprint density at radius 1 is 1.55 bits per heavy atom. The third-order valence-corrected chi connectivity index (χ3v) is 5.54. The summed E-state index contributed by atoms with van der Waals surface area (Å²) >= 11 is 4.58. The van der Waals surface area contributed by atoms with Gasteiger partial charge in [-0.15, -0.1) is 0 Å². The molecule has 1 aliphatic carbocycles. The first-order chi connectivity index (χ1) is 4.95. The molecule has 2 unspecified atom stereocenters. The Hall–Kier alpha value is 0.900. The van der Waals surface area contributed by atoms with Gasteiger partial charge in [-0.3, -0.25) is 0 Å². The van der Waals surface area contributed by atoms with Crippen LogP contribution in [0.3, 0.4) is 0 Å². The molecule has 0 spiro atoms. The van der Waals surface area contributed by atoms with Crippen LogP contribution in [-0.2, 0) is 0 Å². The average Bonchev–Trinajstić information content (AvgIpc) is 1.95. The molecule has 0 bridgehead atoms. The van der Waals surface area contributed by atoms with E-state index >= 15 is 0 Å². The van der Waals surface area contributed by atoms with Gasteiger partial charge in [0, 0.05) is 13.1 Å². The lowest BCUT2D eigenvalue weighted by molar-refractivity contribution is 0.0722. The largest absolute Gasteiger partial charge is 0.385 e. The van der Waals surface area contributed by atoms with E-state index in [4.69, 9.17) is 0 Å². The SMILES string of the molecule is CC1C(I)=C(I)C=CC1(C)O. The van der Waals surface area contributed by atoms with E-state index in [2.05, 4.69) is 45.2 Å². The molecule has 62 valence electrons. The Morgan fingerprint density at radius 2 is 2.09 bits per heavy atom. The topological polar surface area (TPSA) is 20.2 Å². The molecular weight excluding hydrogens is 366 g/mol. The summed E-state index contributed by atoms with van der Waals surface area (Å²) in [6.45, 7) is 3.89. The van der Waals surface area contributed by atoms with Crippen molar-refractivity contribution in [2.24, 2.45) is 5.92 Å². The molecule has 3 heteroatoms. The Balaban J connectivity index is 3.01. The van der Waals surface area contributed by atoms with Gasteiger partial charge < -0.3 is 5.11 Å². The second-order valence-electron chi connectivity index (χ2n) is 2.98. The summed E-state index contributed by atoms with van der Waals surface area (Å²) in [7, 11) is 0. The summed E-state index contributed by atoms with van der Waals surface area (Å²) in [5, 5.41) is 9.80. The van der Waals surface area contributed by atoms with Crippen molar-refractivity contribution in [3.05, 3.63) is 19.3 Å². The second-order valence-corrected chi connectivity index (χ2v) is 5.30. The van der Waals surface area contributed by atoms with Gasteiger partial charge in [-0.05, 0) is 58.2 Å². The third kappa shape index (κ3) is 1.98. The third-order valence-electron chi connectivity index (χ3n) is 2.05. The highest BCUT2D eigenvalue weighted by Crippen LogP contribution is 2.38. The molecule has 0 radical (unpaired) electrons. The summed E-state index contributed by atoms with van der Waals surface area (Å²) in [6.07, 6.45) is 3.84. The molecule has 1 aliphatic rings. The molecular formula is C8H10I2O. The molecule has 0 amide bonds. The van der Waals surface area contributed by atoms with Crippen LogP contribution < -0.4 is 0 Å². The second kappa shape index (κ2) is 3.33. The molecule has 0 aromatic rings. The standard InChI is InChI=1S/C8H10I2O/c1-5-7(10)6(9)3-4-8(5,2)11/h3-5,11H,1-2H3. The summed E-state index contributed by atoms with van der Waals surface area (Å²) in [6, 6.07) is 0. The van der Waals surface area contributed by atoms with E-state index in [-0.39, 0.29) is 5.92 Å². The fraction of sp³-hybridized carbons (Fsp3) is 0.500. The monoisotopic (exact) mass is 376 g/mol. The lowest BCUT2D eigenvalue weighted by Crippen LogP contribution is -2.32. The van der Waals surface area contributed by atoms with Crippen molar-refractivity contribution >= 4 is 45.2 Å². The molecule has 1 N–H and O–H groups in total. The summed E-state index contributed by atoms with van der Waals surface area (Å²) < 4.78 is 2.48. The molecule has 2 atom stereocenters. The van der Waals surface area contributed by atoms with Gasteiger partial charge in [-0.25, -0.2) is 0 Å². The van der Waals surface area contributed by atoms with Crippen LogP contribution in [0.2, 0.25) is 0 Å². The maximum atomic E-state index is 9.80. The summed E-state index contributed by atoms with van der Waals surface area (Å²) in [5.41, 5.74) is -0.662. The predicted molar refractivity (Wildman–Crippen MR) is 64.0 cm³/mol. The van der Waals surface area contributed by atoms with Crippen molar-refractivity contribution in [3.63, 3.8) is 0 Å². The van der Waals surface area contributed by atoms with E-state index in [1.807, 2.05) is 26.0 Å². The van der Waals surface area contributed by atoms with E-state index in [1.165, 1.54) is 7.16 Å².